The van der Waals surface area contributed by atoms with Gasteiger partial charge >= 0.3 is 0 Å². The minimum Gasteiger partial charge on any atom is -0.329 e. The molecule has 0 aromatic carbocycles. The van der Waals surface area contributed by atoms with Crippen LogP contribution in [0.1, 0.15) is 13.3 Å². The molecule has 4 nitrogen and oxygen atoms in total. The molecule has 0 saturated carbocycles. The fraction of sp³-hybridized carbons (Fsp3) is 1.00. The van der Waals surface area contributed by atoms with Gasteiger partial charge < -0.3 is 11.1 Å². The highest BCUT2D eigenvalue weighted by molar-refractivity contribution is 7.91. The van der Waals surface area contributed by atoms with Gasteiger partial charge in [-0.15, -0.1) is 0 Å². The van der Waals surface area contributed by atoms with Crippen LogP contribution >= 0.6 is 0 Å². The second kappa shape index (κ2) is 3.32. The van der Waals surface area contributed by atoms with Gasteiger partial charge in [-0.1, -0.05) is 6.92 Å². The van der Waals surface area contributed by atoms with E-state index in [9.17, 15) is 8.42 Å². The van der Waals surface area contributed by atoms with Gasteiger partial charge in [0.2, 0.25) is 0 Å². The van der Waals surface area contributed by atoms with E-state index in [0.29, 0.717) is 13.0 Å². The lowest BCUT2D eigenvalue weighted by atomic mass is 9.99. The average molecular weight is 192 g/mol. The zero-order valence-electron chi connectivity index (χ0n) is 7.34. The Labute approximate surface area is 73.4 Å². The summed E-state index contributed by atoms with van der Waals surface area (Å²) in [5, 5.41) is 3.16. The molecule has 0 bridgehead atoms. The largest absolute Gasteiger partial charge is 0.329 e. The van der Waals surface area contributed by atoms with Crippen LogP contribution in [0.5, 0.6) is 0 Å². The normalized spacial score (nSPS) is 33.8. The summed E-state index contributed by atoms with van der Waals surface area (Å²) in [5.74, 6) is 0.474. The molecule has 0 spiro atoms. The highest BCUT2D eigenvalue weighted by Crippen LogP contribution is 2.21. The Bertz CT molecular complexity index is 250. The number of sulfone groups is 1. The molecule has 1 aliphatic heterocycles. The van der Waals surface area contributed by atoms with Gasteiger partial charge in [0.25, 0.3) is 0 Å². The van der Waals surface area contributed by atoms with Crippen molar-refractivity contribution < 1.29 is 8.42 Å². The molecule has 1 heterocycles. The van der Waals surface area contributed by atoms with E-state index in [1.54, 1.807) is 0 Å². The Morgan fingerprint density at radius 3 is 2.58 bits per heavy atom. The van der Waals surface area contributed by atoms with E-state index in [-0.39, 0.29) is 17.0 Å². The zero-order valence-corrected chi connectivity index (χ0v) is 8.15. The third-order valence-corrected chi connectivity index (χ3v) is 4.15. The van der Waals surface area contributed by atoms with Crippen molar-refractivity contribution in [1.82, 2.24) is 5.32 Å². The van der Waals surface area contributed by atoms with Gasteiger partial charge in [0.15, 0.2) is 9.84 Å². The second-order valence-corrected chi connectivity index (χ2v) is 5.54. The van der Waals surface area contributed by atoms with Gasteiger partial charge in [-0.2, -0.15) is 0 Å². The van der Waals surface area contributed by atoms with Gasteiger partial charge in [-0.3, -0.25) is 0 Å². The second-order valence-electron chi connectivity index (χ2n) is 3.36. The topological polar surface area (TPSA) is 72.2 Å². The summed E-state index contributed by atoms with van der Waals surface area (Å²) in [6, 6.07) is 0. The zero-order chi connectivity index (χ0) is 9.24. The Morgan fingerprint density at radius 2 is 2.25 bits per heavy atom. The molecule has 0 amide bonds. The van der Waals surface area contributed by atoms with E-state index >= 15 is 0 Å². The van der Waals surface area contributed by atoms with Crippen molar-refractivity contribution in [3.8, 4) is 0 Å². The Morgan fingerprint density at radius 1 is 1.58 bits per heavy atom. The SMILES string of the molecule is CCNC1(CN)CCS(=O)(=O)C1. The van der Waals surface area contributed by atoms with Crippen molar-refractivity contribution in [1.29, 1.82) is 0 Å². The smallest absolute Gasteiger partial charge is 0.152 e. The minimum absolute atomic E-state index is 0.199. The van der Waals surface area contributed by atoms with Crippen molar-refractivity contribution in [2.24, 2.45) is 5.73 Å². The van der Waals surface area contributed by atoms with Crippen LogP contribution in [-0.4, -0.2) is 38.6 Å². The minimum atomic E-state index is -2.83. The van der Waals surface area contributed by atoms with Gasteiger partial charge in [-0.25, -0.2) is 8.42 Å². The first-order valence-electron chi connectivity index (χ1n) is 4.19. The molecule has 1 fully saturated rings. The summed E-state index contributed by atoms with van der Waals surface area (Å²) in [6.07, 6.45) is 0.652. The lowest BCUT2D eigenvalue weighted by Crippen LogP contribution is -2.52. The molecule has 1 atom stereocenters. The number of likely N-dealkylation sites (N-methyl/N-ethyl adjacent to an activating group) is 1. The first kappa shape index (κ1) is 9.95. The highest BCUT2D eigenvalue weighted by atomic mass is 32.2. The average Bonchev–Trinajstić information content (AvgIpc) is 2.29. The Kier molecular flexibility index (Phi) is 2.75. The van der Waals surface area contributed by atoms with E-state index in [4.69, 9.17) is 5.73 Å². The van der Waals surface area contributed by atoms with Gasteiger partial charge in [-0.05, 0) is 13.0 Å². The molecule has 0 aromatic rings. The highest BCUT2D eigenvalue weighted by Gasteiger charge is 2.40. The fourth-order valence-corrected chi connectivity index (χ4v) is 3.72. The molecule has 0 radical (unpaired) electrons. The third kappa shape index (κ3) is 1.97. The number of nitrogens with one attached hydrogen (secondary N) is 1. The van der Waals surface area contributed by atoms with Crippen molar-refractivity contribution in [2.45, 2.75) is 18.9 Å². The van der Waals surface area contributed by atoms with E-state index in [1.165, 1.54) is 0 Å². The molecule has 1 aliphatic rings. The monoisotopic (exact) mass is 192 g/mol. The van der Waals surface area contributed by atoms with E-state index in [2.05, 4.69) is 5.32 Å². The summed E-state index contributed by atoms with van der Waals surface area (Å²) >= 11 is 0. The summed E-state index contributed by atoms with van der Waals surface area (Å²) in [7, 11) is -2.83. The van der Waals surface area contributed by atoms with Crippen LogP contribution in [0.4, 0.5) is 0 Å². The van der Waals surface area contributed by atoms with Crippen LogP contribution in [-0.2, 0) is 9.84 Å². The number of hydrogen-bond donors (Lipinski definition) is 2. The molecule has 0 aromatic heterocycles. The molecule has 3 N–H and O–H groups in total. The van der Waals surface area contributed by atoms with Crippen molar-refractivity contribution in [2.75, 3.05) is 24.6 Å². The predicted octanol–water partition coefficient (Wildman–Crippen LogP) is -0.888. The van der Waals surface area contributed by atoms with Gasteiger partial charge in [0, 0.05) is 12.1 Å². The standard InChI is InChI=1S/C7H16N2O2S/c1-2-9-7(5-8)3-4-12(10,11)6-7/h9H,2-6,8H2,1H3. The van der Waals surface area contributed by atoms with Crippen molar-refractivity contribution in [3.63, 3.8) is 0 Å². The Balaban J connectivity index is 2.72. The van der Waals surface area contributed by atoms with Crippen molar-refractivity contribution >= 4 is 9.84 Å². The molecule has 5 heteroatoms. The summed E-state index contributed by atoms with van der Waals surface area (Å²) in [4.78, 5) is 0. The fourth-order valence-electron chi connectivity index (χ4n) is 1.66. The number of rotatable bonds is 3. The van der Waals surface area contributed by atoms with E-state index < -0.39 is 9.84 Å². The predicted molar refractivity (Wildman–Crippen MR) is 48.7 cm³/mol. The molecule has 72 valence electrons. The maximum absolute atomic E-state index is 11.2. The van der Waals surface area contributed by atoms with Crippen LogP contribution < -0.4 is 11.1 Å². The first-order valence-corrected chi connectivity index (χ1v) is 6.01. The molecule has 1 unspecified atom stereocenters. The van der Waals surface area contributed by atoms with Crippen LogP contribution in [0.3, 0.4) is 0 Å². The first-order chi connectivity index (χ1) is 5.54. The van der Waals surface area contributed by atoms with Crippen LogP contribution in [0.25, 0.3) is 0 Å². The van der Waals surface area contributed by atoms with Crippen molar-refractivity contribution in [3.05, 3.63) is 0 Å². The van der Waals surface area contributed by atoms with Crippen LogP contribution in [0, 0.1) is 0 Å². The van der Waals surface area contributed by atoms with E-state index in [1.807, 2.05) is 6.92 Å². The summed E-state index contributed by atoms with van der Waals surface area (Å²) in [6.45, 7) is 3.13. The van der Waals surface area contributed by atoms with Crippen LogP contribution in [0.2, 0.25) is 0 Å². The lowest BCUT2D eigenvalue weighted by molar-refractivity contribution is 0.382. The maximum atomic E-state index is 11.2. The molecule has 12 heavy (non-hydrogen) atoms. The molecule has 1 saturated heterocycles. The molecule has 1 rings (SSSR count). The molecular formula is C7H16N2O2S. The van der Waals surface area contributed by atoms with Gasteiger partial charge in [0.1, 0.15) is 0 Å². The number of nitrogens with two attached hydrogens (primary N) is 1. The molecular weight excluding hydrogens is 176 g/mol. The summed E-state index contributed by atoms with van der Waals surface area (Å²) in [5.41, 5.74) is 5.21. The molecule has 0 aliphatic carbocycles. The van der Waals surface area contributed by atoms with Gasteiger partial charge in [0.05, 0.1) is 11.5 Å². The lowest BCUT2D eigenvalue weighted by Gasteiger charge is -2.26. The number of hydrogen-bond acceptors (Lipinski definition) is 4. The Hall–Kier alpha value is -0.130. The van der Waals surface area contributed by atoms with Crippen LogP contribution in [0.15, 0.2) is 0 Å². The third-order valence-electron chi connectivity index (χ3n) is 2.33. The summed E-state index contributed by atoms with van der Waals surface area (Å²) < 4.78 is 22.4. The maximum Gasteiger partial charge on any atom is 0.152 e. The van der Waals surface area contributed by atoms with E-state index in [0.717, 1.165) is 6.54 Å². The quantitative estimate of drug-likeness (QED) is 0.608.